The van der Waals surface area contributed by atoms with E-state index in [0.717, 1.165) is 40.5 Å². The second-order valence-corrected chi connectivity index (χ2v) is 7.58. The molecule has 2 heterocycles. The molecule has 5 nitrogen and oxygen atoms in total. The maximum atomic E-state index is 13.3. The van der Waals surface area contributed by atoms with Crippen LogP contribution >= 0.6 is 0 Å². The average molecular weight is 397 g/mol. The smallest absolute Gasteiger partial charge is 0.238 e. The molecule has 3 aromatic rings. The van der Waals surface area contributed by atoms with Gasteiger partial charge in [0.1, 0.15) is 11.6 Å². The largest absolute Gasteiger partial charge is 0.358 e. The number of amides is 1. The van der Waals surface area contributed by atoms with E-state index in [-0.39, 0.29) is 23.6 Å². The predicted octanol–water partition coefficient (Wildman–Crippen LogP) is 3.42. The molecule has 7 heteroatoms. The lowest BCUT2D eigenvalue weighted by Crippen LogP contribution is -2.39. The van der Waals surface area contributed by atoms with Crippen LogP contribution in [0.4, 0.5) is 14.5 Å². The van der Waals surface area contributed by atoms with Crippen molar-refractivity contribution in [2.24, 2.45) is 0 Å². The molecule has 0 bridgehead atoms. The van der Waals surface area contributed by atoms with Crippen molar-refractivity contribution in [1.82, 2.24) is 9.88 Å². The second-order valence-electron chi connectivity index (χ2n) is 7.58. The summed E-state index contributed by atoms with van der Waals surface area (Å²) in [5, 5.41) is 3.16. The Bertz CT molecular complexity index is 1170. The molecule has 2 aromatic carbocycles. The number of anilines is 1. The molecule has 0 saturated heterocycles. The maximum absolute atomic E-state index is 13.3. The Kier molecular flexibility index (Phi) is 4.92. The van der Waals surface area contributed by atoms with Crippen LogP contribution in [0.15, 0.2) is 35.1 Å². The number of fused-ring (bicyclic) bond motifs is 2. The van der Waals surface area contributed by atoms with Crippen molar-refractivity contribution in [3.05, 3.63) is 74.6 Å². The average Bonchev–Trinajstić information content (AvgIpc) is 2.62. The van der Waals surface area contributed by atoms with E-state index in [1.165, 1.54) is 0 Å². The van der Waals surface area contributed by atoms with E-state index < -0.39 is 11.6 Å². The fourth-order valence-electron chi connectivity index (χ4n) is 3.96. The van der Waals surface area contributed by atoms with Gasteiger partial charge in [-0.25, -0.2) is 8.78 Å². The molecule has 1 amide bonds. The zero-order valence-corrected chi connectivity index (χ0v) is 16.2. The number of nitrogens with zero attached hydrogens (tertiary/aromatic N) is 1. The van der Waals surface area contributed by atoms with Gasteiger partial charge in [0, 0.05) is 47.9 Å². The Morgan fingerprint density at radius 1 is 1.14 bits per heavy atom. The van der Waals surface area contributed by atoms with E-state index in [4.69, 9.17) is 0 Å². The lowest BCUT2D eigenvalue weighted by atomic mass is 9.99. The van der Waals surface area contributed by atoms with Gasteiger partial charge in [-0.05, 0) is 43.2 Å². The summed E-state index contributed by atoms with van der Waals surface area (Å²) in [6.45, 7) is 4.91. The number of carbonyl (C=O) groups is 1. The molecule has 1 aromatic heterocycles. The molecule has 4 rings (SSSR count). The van der Waals surface area contributed by atoms with Gasteiger partial charge in [0.2, 0.25) is 5.91 Å². The summed E-state index contributed by atoms with van der Waals surface area (Å²) < 4.78 is 26.6. The Morgan fingerprint density at radius 3 is 2.59 bits per heavy atom. The van der Waals surface area contributed by atoms with Crippen molar-refractivity contribution in [3.8, 4) is 0 Å². The number of rotatable bonds is 3. The number of hydrogen-bond donors (Lipinski definition) is 2. The van der Waals surface area contributed by atoms with Crippen molar-refractivity contribution in [2.45, 2.75) is 26.8 Å². The van der Waals surface area contributed by atoms with Crippen LogP contribution in [0.2, 0.25) is 0 Å². The zero-order valence-electron chi connectivity index (χ0n) is 16.2. The van der Waals surface area contributed by atoms with Crippen LogP contribution in [0.5, 0.6) is 0 Å². The Morgan fingerprint density at radius 2 is 1.86 bits per heavy atom. The highest BCUT2D eigenvalue weighted by atomic mass is 19.1. The van der Waals surface area contributed by atoms with Crippen LogP contribution in [-0.2, 0) is 17.8 Å². The Labute approximate surface area is 166 Å². The van der Waals surface area contributed by atoms with E-state index in [9.17, 15) is 18.4 Å². The number of H-pyrrole nitrogens is 1. The van der Waals surface area contributed by atoms with Crippen LogP contribution in [0, 0.1) is 25.5 Å². The van der Waals surface area contributed by atoms with Crippen LogP contribution < -0.4 is 10.7 Å². The third-order valence-electron chi connectivity index (χ3n) is 5.21. The van der Waals surface area contributed by atoms with E-state index in [2.05, 4.69) is 10.3 Å². The molecular weight excluding hydrogens is 376 g/mol. The molecule has 0 spiro atoms. The number of aromatic amines is 1. The molecular formula is C22H21F2N3O2. The quantitative estimate of drug-likeness (QED) is 0.712. The first kappa shape index (κ1) is 19.3. The van der Waals surface area contributed by atoms with Gasteiger partial charge in [0.15, 0.2) is 5.43 Å². The molecule has 0 unspecified atom stereocenters. The number of hydrogen-bond acceptors (Lipinski definition) is 3. The van der Waals surface area contributed by atoms with Crippen LogP contribution in [-0.4, -0.2) is 28.9 Å². The number of nitrogens with one attached hydrogen (secondary N) is 2. The molecule has 0 radical (unpaired) electrons. The van der Waals surface area contributed by atoms with Gasteiger partial charge in [-0.1, -0.05) is 6.07 Å². The summed E-state index contributed by atoms with van der Waals surface area (Å²) in [7, 11) is 0. The Hall–Kier alpha value is -3.06. The lowest BCUT2D eigenvalue weighted by Gasteiger charge is -2.28. The van der Waals surface area contributed by atoms with E-state index in [1.807, 2.05) is 30.9 Å². The number of pyridine rings is 1. The number of halogens is 2. The normalized spacial score (nSPS) is 14.1. The SMILES string of the molecule is Cc1cc(C)c2[nH]c3c(c(=O)c2c1)CN(CC(=O)Nc1cc(F)cc(F)c1)CC3. The van der Waals surface area contributed by atoms with Gasteiger partial charge in [-0.3, -0.25) is 14.5 Å². The van der Waals surface area contributed by atoms with Gasteiger partial charge in [-0.2, -0.15) is 0 Å². The van der Waals surface area contributed by atoms with E-state index >= 15 is 0 Å². The van der Waals surface area contributed by atoms with E-state index in [0.29, 0.717) is 30.5 Å². The fraction of sp³-hybridized carbons (Fsp3) is 0.273. The monoisotopic (exact) mass is 397 g/mol. The van der Waals surface area contributed by atoms with E-state index in [1.54, 1.807) is 0 Å². The number of carbonyl (C=O) groups excluding carboxylic acids is 1. The van der Waals surface area contributed by atoms with Crippen LogP contribution in [0.3, 0.4) is 0 Å². The molecule has 0 atom stereocenters. The van der Waals surface area contributed by atoms with Gasteiger partial charge >= 0.3 is 0 Å². The topological polar surface area (TPSA) is 65.2 Å². The van der Waals surface area contributed by atoms with Gasteiger partial charge < -0.3 is 10.3 Å². The number of aromatic nitrogens is 1. The highest BCUT2D eigenvalue weighted by Gasteiger charge is 2.23. The molecule has 29 heavy (non-hydrogen) atoms. The van der Waals surface area contributed by atoms with Crippen molar-refractivity contribution < 1.29 is 13.6 Å². The summed E-state index contributed by atoms with van der Waals surface area (Å²) in [5.74, 6) is -1.89. The first-order valence-corrected chi connectivity index (χ1v) is 9.43. The zero-order chi connectivity index (χ0) is 20.7. The molecule has 150 valence electrons. The summed E-state index contributed by atoms with van der Waals surface area (Å²) >= 11 is 0. The molecule has 1 aliphatic rings. The van der Waals surface area contributed by atoms with Crippen molar-refractivity contribution >= 4 is 22.5 Å². The number of benzene rings is 2. The molecule has 2 N–H and O–H groups in total. The first-order valence-electron chi connectivity index (χ1n) is 9.43. The fourth-order valence-corrected chi connectivity index (χ4v) is 3.96. The van der Waals surface area contributed by atoms with Gasteiger partial charge in [0.25, 0.3) is 0 Å². The van der Waals surface area contributed by atoms with Crippen molar-refractivity contribution in [3.63, 3.8) is 0 Å². The number of aryl methyl sites for hydroxylation is 2. The summed E-state index contributed by atoms with van der Waals surface area (Å²) in [6.07, 6.45) is 0.621. The van der Waals surface area contributed by atoms with Crippen LogP contribution in [0.1, 0.15) is 22.4 Å². The second kappa shape index (κ2) is 7.40. The molecule has 1 aliphatic heterocycles. The highest BCUT2D eigenvalue weighted by molar-refractivity contribution is 5.92. The lowest BCUT2D eigenvalue weighted by molar-refractivity contribution is -0.117. The highest BCUT2D eigenvalue weighted by Crippen LogP contribution is 2.22. The minimum Gasteiger partial charge on any atom is -0.358 e. The van der Waals surface area contributed by atoms with Crippen molar-refractivity contribution in [1.29, 1.82) is 0 Å². The van der Waals surface area contributed by atoms with Gasteiger partial charge in [0.05, 0.1) is 12.1 Å². The third kappa shape index (κ3) is 3.91. The van der Waals surface area contributed by atoms with Crippen LogP contribution in [0.25, 0.3) is 10.9 Å². The van der Waals surface area contributed by atoms with Gasteiger partial charge in [-0.15, -0.1) is 0 Å². The predicted molar refractivity (Wildman–Crippen MR) is 108 cm³/mol. The molecule has 0 aliphatic carbocycles. The maximum Gasteiger partial charge on any atom is 0.238 e. The first-order chi connectivity index (χ1) is 13.8. The molecule has 0 saturated carbocycles. The van der Waals surface area contributed by atoms with Crippen molar-refractivity contribution in [2.75, 3.05) is 18.4 Å². The minimum atomic E-state index is -0.754. The standard InChI is InChI=1S/C22H21F2N3O2/c1-12-5-13(2)21-17(6-12)22(29)18-10-27(4-3-19(18)26-21)11-20(28)25-16-8-14(23)7-15(24)9-16/h5-9H,3-4,10-11H2,1-2H3,(H,25,28)(H,26,29). The third-order valence-corrected chi connectivity index (χ3v) is 5.21. The minimum absolute atomic E-state index is 0.0159. The summed E-state index contributed by atoms with van der Waals surface area (Å²) in [4.78, 5) is 30.6. The summed E-state index contributed by atoms with van der Waals surface area (Å²) in [6, 6.07) is 6.80. The molecule has 0 fully saturated rings. The Balaban J connectivity index is 1.54. The summed E-state index contributed by atoms with van der Waals surface area (Å²) in [5.41, 5.74) is 4.53.